The summed E-state index contributed by atoms with van der Waals surface area (Å²) < 4.78 is 32.0. The summed E-state index contributed by atoms with van der Waals surface area (Å²) in [5.41, 5.74) is -1.02. The lowest BCUT2D eigenvalue weighted by Crippen LogP contribution is -2.64. The van der Waals surface area contributed by atoms with Gasteiger partial charge in [0, 0.05) is 35.2 Å². The summed E-state index contributed by atoms with van der Waals surface area (Å²) in [6.45, 7) is 11.5. The maximum absolute atomic E-state index is 15.1. The van der Waals surface area contributed by atoms with Crippen LogP contribution in [0.1, 0.15) is 85.1 Å². The first-order valence-electron chi connectivity index (χ1n) is 15.7. The molecule has 2 bridgehead atoms. The number of hydrogen-bond donors (Lipinski definition) is 3. The van der Waals surface area contributed by atoms with Gasteiger partial charge in [-0.25, -0.2) is 9.18 Å². The number of nitrogens with one attached hydrogen (secondary N) is 1. The lowest BCUT2D eigenvalue weighted by molar-refractivity contribution is -0.212. The van der Waals surface area contributed by atoms with E-state index in [2.05, 4.69) is 39.9 Å². The van der Waals surface area contributed by atoms with Gasteiger partial charge in [-0.15, -0.1) is 0 Å². The van der Waals surface area contributed by atoms with Gasteiger partial charge in [0.1, 0.15) is 11.9 Å². The molecule has 8 atom stereocenters. The molecule has 42 heavy (non-hydrogen) atoms. The molecule has 4 aliphatic rings. The standard InChI is InChI=1S/C32H47BFNO7/c1-6-7-14-35-18-30(4)15-24(42-25(37)17-40-23-9-8-21-16-41-33(39)26(21)27(23)34)31(5)19(2)10-12-32(20(3)29(30)38)13-11-22(36)28(31)32/h8-9,19-20,24,28-29,35,38-39H,6-7,10-18H2,1-5H3. The van der Waals surface area contributed by atoms with Crippen molar-refractivity contribution in [2.45, 2.75) is 98.4 Å². The maximum Gasteiger partial charge on any atom is 0.494 e. The molecule has 0 saturated heterocycles. The van der Waals surface area contributed by atoms with Crippen molar-refractivity contribution in [2.24, 2.45) is 34.0 Å². The molecule has 3 fully saturated rings. The van der Waals surface area contributed by atoms with Crippen LogP contribution in [0.5, 0.6) is 5.75 Å². The molecule has 1 heterocycles. The average molecular weight is 588 g/mol. The Morgan fingerprint density at radius 3 is 2.76 bits per heavy atom. The normalized spacial score (nSPS) is 37.6. The Morgan fingerprint density at radius 1 is 1.26 bits per heavy atom. The number of benzene rings is 1. The van der Waals surface area contributed by atoms with Crippen molar-refractivity contribution in [3.63, 3.8) is 0 Å². The van der Waals surface area contributed by atoms with E-state index in [-0.39, 0.29) is 46.8 Å². The highest BCUT2D eigenvalue weighted by molar-refractivity contribution is 6.61. The third kappa shape index (κ3) is 5.10. The lowest BCUT2D eigenvalue weighted by atomic mass is 9.44. The van der Waals surface area contributed by atoms with Gasteiger partial charge in [-0.2, -0.15) is 0 Å². The van der Waals surface area contributed by atoms with E-state index in [4.69, 9.17) is 14.1 Å². The first kappa shape index (κ1) is 31.4. The topological polar surface area (TPSA) is 114 Å². The van der Waals surface area contributed by atoms with Crippen molar-refractivity contribution in [1.29, 1.82) is 0 Å². The number of carbonyl (C=O) groups is 2. The molecule has 0 amide bonds. The van der Waals surface area contributed by atoms with Crippen LogP contribution in [-0.4, -0.2) is 60.9 Å². The van der Waals surface area contributed by atoms with Gasteiger partial charge in [-0.05, 0) is 67.5 Å². The van der Waals surface area contributed by atoms with Crippen LogP contribution in [0, 0.1) is 39.8 Å². The summed E-state index contributed by atoms with van der Waals surface area (Å²) >= 11 is 0. The highest BCUT2D eigenvalue weighted by atomic mass is 19.1. The van der Waals surface area contributed by atoms with E-state index in [0.717, 1.165) is 38.6 Å². The zero-order valence-corrected chi connectivity index (χ0v) is 25.7. The summed E-state index contributed by atoms with van der Waals surface area (Å²) in [4.78, 5) is 27.1. The van der Waals surface area contributed by atoms with Crippen LogP contribution >= 0.6 is 0 Å². The largest absolute Gasteiger partial charge is 0.494 e. The predicted molar refractivity (Wildman–Crippen MR) is 157 cm³/mol. The lowest BCUT2D eigenvalue weighted by Gasteiger charge is -2.62. The number of rotatable bonds is 9. The number of fused-ring (bicyclic) bond motifs is 1. The number of unbranched alkanes of at least 4 members (excludes halogenated alkanes) is 1. The van der Waals surface area contributed by atoms with Crippen molar-refractivity contribution in [2.75, 3.05) is 19.7 Å². The summed E-state index contributed by atoms with van der Waals surface area (Å²) in [7, 11) is -1.38. The molecule has 8 nitrogen and oxygen atoms in total. The summed E-state index contributed by atoms with van der Waals surface area (Å²) in [6, 6.07) is 3.03. The average Bonchev–Trinajstić information content (AvgIpc) is 3.52. The van der Waals surface area contributed by atoms with Gasteiger partial charge < -0.3 is 29.6 Å². The minimum atomic E-state index is -1.38. The fraction of sp³-hybridized carbons (Fsp3) is 0.750. The van der Waals surface area contributed by atoms with Gasteiger partial charge in [-0.3, -0.25) is 4.79 Å². The summed E-state index contributed by atoms with van der Waals surface area (Å²) in [6.07, 6.45) is 4.12. The molecule has 10 heteroatoms. The van der Waals surface area contributed by atoms with Crippen LogP contribution in [0.3, 0.4) is 0 Å². The van der Waals surface area contributed by atoms with Gasteiger partial charge in [-0.1, -0.05) is 47.1 Å². The van der Waals surface area contributed by atoms with Crippen LogP contribution in [0.25, 0.3) is 0 Å². The third-order valence-electron chi connectivity index (χ3n) is 11.6. The fourth-order valence-electron chi connectivity index (χ4n) is 8.90. The number of aliphatic hydroxyl groups excluding tert-OH is 1. The van der Waals surface area contributed by atoms with Gasteiger partial charge in [0.2, 0.25) is 0 Å². The molecule has 3 aliphatic carbocycles. The molecule has 5 rings (SSSR count). The number of carbonyl (C=O) groups excluding carboxylic acids is 2. The Balaban J connectivity index is 1.44. The monoisotopic (exact) mass is 587 g/mol. The number of aliphatic hydroxyl groups is 1. The Labute approximate surface area is 249 Å². The van der Waals surface area contributed by atoms with Crippen LogP contribution in [0.4, 0.5) is 4.39 Å². The van der Waals surface area contributed by atoms with Crippen LogP contribution < -0.4 is 15.5 Å². The smallest absolute Gasteiger partial charge is 0.479 e. The number of ketones is 1. The Kier molecular flexibility index (Phi) is 8.85. The second-order valence-electron chi connectivity index (χ2n) is 13.9. The second-order valence-corrected chi connectivity index (χ2v) is 13.9. The second kappa shape index (κ2) is 11.8. The molecule has 1 aliphatic heterocycles. The Morgan fingerprint density at radius 2 is 2.02 bits per heavy atom. The predicted octanol–water partition coefficient (Wildman–Crippen LogP) is 3.53. The van der Waals surface area contributed by atoms with Gasteiger partial charge in [0.05, 0.1) is 12.7 Å². The number of Topliss-reactive ketones (excluding diaryl/α,β-unsaturated/α-hetero) is 1. The van der Waals surface area contributed by atoms with E-state index in [1.807, 2.05) is 0 Å². The first-order valence-corrected chi connectivity index (χ1v) is 15.7. The minimum absolute atomic E-state index is 0.0231. The van der Waals surface area contributed by atoms with Crippen LogP contribution in [0.15, 0.2) is 12.1 Å². The molecule has 0 radical (unpaired) electrons. The first-order chi connectivity index (χ1) is 19.9. The zero-order valence-electron chi connectivity index (χ0n) is 25.7. The molecular formula is C32H47BFNO7. The summed E-state index contributed by atoms with van der Waals surface area (Å²) in [5, 5.41) is 25.5. The minimum Gasteiger partial charge on any atom is -0.479 e. The number of esters is 1. The summed E-state index contributed by atoms with van der Waals surface area (Å²) in [5.74, 6) is -1.65. The molecule has 232 valence electrons. The quantitative estimate of drug-likeness (QED) is 0.229. The van der Waals surface area contributed by atoms with Crippen molar-refractivity contribution in [1.82, 2.24) is 5.32 Å². The van der Waals surface area contributed by atoms with Crippen molar-refractivity contribution < 1.29 is 38.2 Å². The van der Waals surface area contributed by atoms with Crippen molar-refractivity contribution in [3.05, 3.63) is 23.5 Å². The molecule has 0 aromatic heterocycles. The molecule has 0 spiro atoms. The highest BCUT2D eigenvalue weighted by Crippen LogP contribution is 2.67. The van der Waals surface area contributed by atoms with Gasteiger partial charge >= 0.3 is 13.1 Å². The number of ether oxygens (including phenoxy) is 2. The highest BCUT2D eigenvalue weighted by Gasteiger charge is 2.68. The molecule has 8 unspecified atom stereocenters. The molecule has 1 aromatic rings. The molecule has 3 N–H and O–H groups in total. The van der Waals surface area contributed by atoms with E-state index in [1.54, 1.807) is 6.07 Å². The number of halogens is 1. The molecular weight excluding hydrogens is 540 g/mol. The van der Waals surface area contributed by atoms with Crippen molar-refractivity contribution in [3.8, 4) is 5.75 Å². The van der Waals surface area contributed by atoms with Gasteiger partial charge in [0.25, 0.3) is 0 Å². The van der Waals surface area contributed by atoms with E-state index in [1.165, 1.54) is 6.07 Å². The zero-order chi connectivity index (χ0) is 30.4. The molecule has 1 aromatic carbocycles. The molecule has 3 saturated carbocycles. The van der Waals surface area contributed by atoms with Crippen LogP contribution in [0.2, 0.25) is 0 Å². The van der Waals surface area contributed by atoms with E-state index >= 15 is 4.39 Å². The van der Waals surface area contributed by atoms with Gasteiger partial charge in [0.15, 0.2) is 18.2 Å². The maximum atomic E-state index is 15.1. The van der Waals surface area contributed by atoms with Crippen molar-refractivity contribution >= 4 is 24.3 Å². The Hall–Kier alpha value is -2.01. The third-order valence-corrected chi connectivity index (χ3v) is 11.6. The van der Waals surface area contributed by atoms with E-state index in [0.29, 0.717) is 24.9 Å². The number of hydrogen-bond acceptors (Lipinski definition) is 8. The Bertz CT molecular complexity index is 1200. The van der Waals surface area contributed by atoms with E-state index in [9.17, 15) is 19.7 Å². The van der Waals surface area contributed by atoms with E-state index < -0.39 is 48.5 Å². The fourth-order valence-corrected chi connectivity index (χ4v) is 8.90. The SMILES string of the molecule is CCCCNCC1(C)CC(OC(=O)COc2ccc3c(c2F)B(O)OC3)C2(C)C(C)CCC3(CCC(=O)C32)C(C)C1O. The van der Waals surface area contributed by atoms with Crippen LogP contribution in [-0.2, 0) is 25.6 Å².